The van der Waals surface area contributed by atoms with E-state index in [1.54, 1.807) is 4.90 Å². The van der Waals surface area contributed by atoms with Crippen molar-refractivity contribution in [3.8, 4) is 0 Å². The second kappa shape index (κ2) is 10.1. The molecule has 5 amide bonds. The van der Waals surface area contributed by atoms with Crippen LogP contribution in [0.5, 0.6) is 0 Å². The molecule has 2 aliphatic heterocycles. The number of piperidine rings is 1. The van der Waals surface area contributed by atoms with Crippen LogP contribution < -0.4 is 16.0 Å². The number of halogens is 3. The van der Waals surface area contributed by atoms with Gasteiger partial charge in [0.05, 0.1) is 5.92 Å². The van der Waals surface area contributed by atoms with Gasteiger partial charge in [0.2, 0.25) is 17.7 Å². The van der Waals surface area contributed by atoms with E-state index in [0.717, 1.165) is 12.8 Å². The van der Waals surface area contributed by atoms with Crippen molar-refractivity contribution in [2.45, 2.75) is 70.0 Å². The predicted octanol–water partition coefficient (Wildman–Crippen LogP) is 2.33. The number of imide groups is 1. The van der Waals surface area contributed by atoms with Gasteiger partial charge in [0, 0.05) is 32.0 Å². The standard InChI is InChI=1S/C23H33F3N4O4/c24-23(25,26)16-5-2-13(3-6-16)10-27-22(34)28-11-14-1-4-15-12-30(21(33)17(15)9-14)18-7-8-19(31)29-20(18)32/h13-18H,1-12H2,(H2,27,28,34)(H,29,31,32). The third-order valence-electron chi connectivity index (χ3n) is 8.13. The average molecular weight is 487 g/mol. The molecule has 0 bridgehead atoms. The predicted molar refractivity (Wildman–Crippen MR) is 115 cm³/mol. The van der Waals surface area contributed by atoms with Gasteiger partial charge in [-0.15, -0.1) is 0 Å². The van der Waals surface area contributed by atoms with E-state index in [9.17, 15) is 32.3 Å². The summed E-state index contributed by atoms with van der Waals surface area (Å²) in [6.45, 7) is 1.33. The highest BCUT2D eigenvalue weighted by atomic mass is 19.4. The van der Waals surface area contributed by atoms with Gasteiger partial charge in [-0.05, 0) is 69.1 Å². The molecule has 2 heterocycles. The zero-order chi connectivity index (χ0) is 24.5. The minimum Gasteiger partial charge on any atom is -0.338 e. The molecule has 0 aromatic carbocycles. The van der Waals surface area contributed by atoms with Crippen LogP contribution in [0.1, 0.15) is 57.8 Å². The second-order valence-corrected chi connectivity index (χ2v) is 10.4. The zero-order valence-corrected chi connectivity index (χ0v) is 19.2. The summed E-state index contributed by atoms with van der Waals surface area (Å²) < 4.78 is 38.3. The number of hydrogen-bond donors (Lipinski definition) is 3. The van der Waals surface area contributed by atoms with Gasteiger partial charge in [0.1, 0.15) is 6.04 Å². The molecule has 4 unspecified atom stereocenters. The minimum atomic E-state index is -4.13. The van der Waals surface area contributed by atoms with Crippen LogP contribution >= 0.6 is 0 Å². The average Bonchev–Trinajstić information content (AvgIpc) is 3.11. The largest absolute Gasteiger partial charge is 0.391 e. The highest BCUT2D eigenvalue weighted by Crippen LogP contribution is 2.41. The number of carbonyl (C=O) groups is 4. The molecule has 0 aromatic heterocycles. The number of hydrogen-bond acceptors (Lipinski definition) is 4. The molecule has 4 rings (SSSR count). The maximum atomic E-state index is 13.0. The lowest BCUT2D eigenvalue weighted by Gasteiger charge is -2.31. The van der Waals surface area contributed by atoms with E-state index in [1.165, 1.54) is 0 Å². The first-order chi connectivity index (χ1) is 16.1. The minimum absolute atomic E-state index is 0.0388. The summed E-state index contributed by atoms with van der Waals surface area (Å²) in [4.78, 5) is 50.4. The quantitative estimate of drug-likeness (QED) is 0.519. The Labute approximate surface area is 196 Å². The lowest BCUT2D eigenvalue weighted by atomic mass is 9.75. The Kier molecular flexibility index (Phi) is 7.37. The van der Waals surface area contributed by atoms with Gasteiger partial charge < -0.3 is 15.5 Å². The molecule has 8 nitrogen and oxygen atoms in total. The smallest absolute Gasteiger partial charge is 0.338 e. The van der Waals surface area contributed by atoms with E-state index >= 15 is 0 Å². The van der Waals surface area contributed by atoms with Crippen LogP contribution in [0.3, 0.4) is 0 Å². The van der Waals surface area contributed by atoms with Crippen LogP contribution in [-0.4, -0.2) is 60.5 Å². The highest BCUT2D eigenvalue weighted by molar-refractivity contribution is 6.02. The van der Waals surface area contributed by atoms with Gasteiger partial charge in [-0.2, -0.15) is 13.2 Å². The van der Waals surface area contributed by atoms with Crippen molar-refractivity contribution >= 4 is 23.8 Å². The number of amides is 5. The van der Waals surface area contributed by atoms with Crippen molar-refractivity contribution in [3.05, 3.63) is 0 Å². The molecule has 11 heteroatoms. The Balaban J connectivity index is 1.17. The Hall–Kier alpha value is -2.33. The third-order valence-corrected chi connectivity index (χ3v) is 8.13. The van der Waals surface area contributed by atoms with Gasteiger partial charge >= 0.3 is 12.2 Å². The number of urea groups is 1. The molecule has 190 valence electrons. The SMILES string of the molecule is O=C1CCC(N2CC3CCC(CNC(=O)NCC4CCC(C(F)(F)F)CC4)CC3C2=O)C(=O)N1. The fourth-order valence-corrected chi connectivity index (χ4v) is 6.07. The number of rotatable bonds is 5. The summed E-state index contributed by atoms with van der Waals surface area (Å²) in [5, 5.41) is 7.95. The molecule has 2 saturated heterocycles. The number of carbonyl (C=O) groups excluding carboxylic acids is 4. The fourth-order valence-electron chi connectivity index (χ4n) is 6.07. The molecule has 34 heavy (non-hydrogen) atoms. The molecule has 2 aliphatic carbocycles. The number of nitrogens with zero attached hydrogens (tertiary/aromatic N) is 1. The summed E-state index contributed by atoms with van der Waals surface area (Å²) >= 11 is 0. The fraction of sp³-hybridized carbons (Fsp3) is 0.826. The Morgan fingerprint density at radius 3 is 2.24 bits per heavy atom. The number of fused-ring (bicyclic) bond motifs is 1. The second-order valence-electron chi connectivity index (χ2n) is 10.4. The maximum Gasteiger partial charge on any atom is 0.391 e. The van der Waals surface area contributed by atoms with E-state index < -0.39 is 24.0 Å². The van der Waals surface area contributed by atoms with E-state index in [1.807, 2.05) is 0 Å². The molecule has 3 N–H and O–H groups in total. The van der Waals surface area contributed by atoms with Crippen molar-refractivity contribution in [1.29, 1.82) is 0 Å². The first kappa shape index (κ1) is 24.8. The van der Waals surface area contributed by atoms with Crippen molar-refractivity contribution < 1.29 is 32.3 Å². The molecular formula is C23H33F3N4O4. The topological polar surface area (TPSA) is 108 Å². The summed E-state index contributed by atoms with van der Waals surface area (Å²) in [5.41, 5.74) is 0. The van der Waals surface area contributed by atoms with Crippen molar-refractivity contribution in [2.75, 3.05) is 19.6 Å². The van der Waals surface area contributed by atoms with Crippen LogP contribution in [-0.2, 0) is 14.4 Å². The maximum absolute atomic E-state index is 13.0. The van der Waals surface area contributed by atoms with Gasteiger partial charge in [0.15, 0.2) is 0 Å². The van der Waals surface area contributed by atoms with Gasteiger partial charge in [0.25, 0.3) is 0 Å². The van der Waals surface area contributed by atoms with Crippen molar-refractivity contribution in [3.63, 3.8) is 0 Å². The molecule has 0 spiro atoms. The Bertz CT molecular complexity index is 813. The van der Waals surface area contributed by atoms with Crippen LogP contribution in [0.15, 0.2) is 0 Å². The number of likely N-dealkylation sites (tertiary alicyclic amines) is 1. The van der Waals surface area contributed by atoms with E-state index in [2.05, 4.69) is 16.0 Å². The lowest BCUT2D eigenvalue weighted by Crippen LogP contribution is -2.53. The van der Waals surface area contributed by atoms with Crippen LogP contribution in [0.2, 0.25) is 0 Å². The molecule has 4 atom stereocenters. The van der Waals surface area contributed by atoms with E-state index in [4.69, 9.17) is 0 Å². The first-order valence-corrected chi connectivity index (χ1v) is 12.3. The molecular weight excluding hydrogens is 453 g/mol. The summed E-state index contributed by atoms with van der Waals surface area (Å²) in [5.74, 6) is -1.73. The van der Waals surface area contributed by atoms with Crippen LogP contribution in [0, 0.1) is 29.6 Å². The summed E-state index contributed by atoms with van der Waals surface area (Å²) in [6.07, 6.45) is -0.0129. The molecule has 4 fully saturated rings. The Morgan fingerprint density at radius 1 is 0.941 bits per heavy atom. The third kappa shape index (κ3) is 5.66. The number of nitrogens with one attached hydrogen (secondary N) is 3. The zero-order valence-electron chi connectivity index (χ0n) is 19.2. The Morgan fingerprint density at radius 2 is 1.59 bits per heavy atom. The number of alkyl halides is 3. The molecule has 2 saturated carbocycles. The first-order valence-electron chi connectivity index (χ1n) is 12.3. The molecule has 0 radical (unpaired) electrons. The van der Waals surface area contributed by atoms with Gasteiger partial charge in [-0.3, -0.25) is 19.7 Å². The van der Waals surface area contributed by atoms with E-state index in [-0.39, 0.29) is 60.8 Å². The van der Waals surface area contributed by atoms with Crippen LogP contribution in [0.4, 0.5) is 18.0 Å². The summed E-state index contributed by atoms with van der Waals surface area (Å²) in [7, 11) is 0. The van der Waals surface area contributed by atoms with E-state index in [0.29, 0.717) is 45.3 Å². The summed E-state index contributed by atoms with van der Waals surface area (Å²) in [6, 6.07) is -0.910. The monoisotopic (exact) mass is 486 g/mol. The van der Waals surface area contributed by atoms with Crippen molar-refractivity contribution in [2.24, 2.45) is 29.6 Å². The lowest BCUT2D eigenvalue weighted by molar-refractivity contribution is -0.183. The normalized spacial score (nSPS) is 34.4. The highest BCUT2D eigenvalue weighted by Gasteiger charge is 2.48. The van der Waals surface area contributed by atoms with Crippen molar-refractivity contribution in [1.82, 2.24) is 20.9 Å². The molecule has 4 aliphatic rings. The van der Waals surface area contributed by atoms with Crippen LogP contribution in [0.25, 0.3) is 0 Å². The van der Waals surface area contributed by atoms with Gasteiger partial charge in [-0.1, -0.05) is 0 Å². The molecule has 0 aromatic rings. The van der Waals surface area contributed by atoms with Gasteiger partial charge in [-0.25, -0.2) is 4.79 Å².